The number of benzene rings is 1. The average molecular weight is 521 g/mol. The number of carbonyl (C=O) groups excluding carboxylic acids is 1. The number of nitrogens with one attached hydrogen (secondary N) is 2. The third-order valence-electron chi connectivity index (χ3n) is 6.65. The Balaban J connectivity index is 1.35. The second-order valence-electron chi connectivity index (χ2n) is 10.7. The lowest BCUT2D eigenvalue weighted by atomic mass is 9.93. The summed E-state index contributed by atoms with van der Waals surface area (Å²) in [6, 6.07) is 8.54. The molecule has 0 aliphatic carbocycles. The Morgan fingerprint density at radius 1 is 1.18 bits per heavy atom. The van der Waals surface area contributed by atoms with Crippen LogP contribution >= 0.6 is 0 Å². The van der Waals surface area contributed by atoms with E-state index in [1.807, 2.05) is 38.6 Å². The number of halogens is 1. The van der Waals surface area contributed by atoms with Gasteiger partial charge in [0.15, 0.2) is 17.7 Å². The number of aromatic nitrogens is 4. The highest BCUT2D eigenvalue weighted by Gasteiger charge is 2.23. The van der Waals surface area contributed by atoms with Crippen LogP contribution in [-0.2, 0) is 27.9 Å². The van der Waals surface area contributed by atoms with E-state index in [4.69, 9.17) is 19.3 Å². The molecule has 0 bridgehead atoms. The maximum absolute atomic E-state index is 15.1. The number of anilines is 1. The van der Waals surface area contributed by atoms with Crippen molar-refractivity contribution < 1.29 is 18.4 Å². The molecule has 200 valence electrons. The molecule has 1 atom stereocenters. The first-order chi connectivity index (χ1) is 18.2. The van der Waals surface area contributed by atoms with Crippen LogP contribution in [-0.4, -0.2) is 39.5 Å². The summed E-state index contributed by atoms with van der Waals surface area (Å²) in [5.41, 5.74) is 3.12. The molecule has 0 spiro atoms. The summed E-state index contributed by atoms with van der Waals surface area (Å²) < 4.78 is 28.2. The first kappa shape index (κ1) is 26.0. The van der Waals surface area contributed by atoms with E-state index in [0.29, 0.717) is 30.3 Å². The molecule has 10 heteroatoms. The van der Waals surface area contributed by atoms with Crippen LogP contribution in [0.3, 0.4) is 0 Å². The standard InChI is InChI=1S/C28H33FN6O3/c1-28(2,3)23-14-24(34-38-23)32-25(36)13-18-9-8-17(12-21(18)29)19-11-20-22(16-30-4)33-35(27(20)31-15-19)26-7-5-6-10-37-26/h8-9,11-12,14-15,26,30H,5-7,10,13,16H2,1-4H3,(H,32,34,36). The number of hydrogen-bond acceptors (Lipinski definition) is 7. The largest absolute Gasteiger partial charge is 0.359 e. The summed E-state index contributed by atoms with van der Waals surface area (Å²) in [7, 11) is 1.87. The Morgan fingerprint density at radius 3 is 2.71 bits per heavy atom. The topological polar surface area (TPSA) is 107 Å². The van der Waals surface area contributed by atoms with Gasteiger partial charge in [0, 0.05) is 41.8 Å². The minimum atomic E-state index is -0.463. The molecule has 1 aliphatic rings. The zero-order valence-electron chi connectivity index (χ0n) is 22.2. The Hall–Kier alpha value is -3.63. The van der Waals surface area contributed by atoms with E-state index in [2.05, 4.69) is 15.8 Å². The second kappa shape index (κ2) is 10.6. The van der Waals surface area contributed by atoms with Crippen molar-refractivity contribution in [3.05, 3.63) is 59.4 Å². The van der Waals surface area contributed by atoms with E-state index < -0.39 is 5.82 Å². The van der Waals surface area contributed by atoms with Crippen LogP contribution in [0.5, 0.6) is 0 Å². The number of carbonyl (C=O) groups is 1. The van der Waals surface area contributed by atoms with Crippen LogP contribution in [0.2, 0.25) is 0 Å². The first-order valence-electron chi connectivity index (χ1n) is 12.9. The average Bonchev–Trinajstić information content (AvgIpc) is 3.51. The number of rotatable bonds is 7. The van der Waals surface area contributed by atoms with E-state index in [1.54, 1.807) is 24.4 Å². The smallest absolute Gasteiger partial charge is 0.230 e. The molecule has 1 amide bonds. The van der Waals surface area contributed by atoms with Crippen molar-refractivity contribution in [1.82, 2.24) is 25.2 Å². The van der Waals surface area contributed by atoms with Crippen LogP contribution in [0, 0.1) is 5.82 Å². The predicted octanol–water partition coefficient (Wildman–Crippen LogP) is 5.12. The van der Waals surface area contributed by atoms with Crippen molar-refractivity contribution in [1.29, 1.82) is 0 Å². The summed E-state index contributed by atoms with van der Waals surface area (Å²) in [6.07, 6.45) is 4.51. The Morgan fingerprint density at radius 2 is 2.03 bits per heavy atom. The van der Waals surface area contributed by atoms with Gasteiger partial charge in [0.05, 0.1) is 12.1 Å². The van der Waals surface area contributed by atoms with Crippen molar-refractivity contribution >= 4 is 22.8 Å². The third kappa shape index (κ3) is 5.46. The van der Waals surface area contributed by atoms with E-state index in [0.717, 1.165) is 41.6 Å². The third-order valence-corrected chi connectivity index (χ3v) is 6.65. The maximum Gasteiger partial charge on any atom is 0.230 e. The molecule has 1 aromatic carbocycles. The van der Waals surface area contributed by atoms with Crippen molar-refractivity contribution in [2.45, 2.75) is 64.6 Å². The molecule has 5 rings (SSSR count). The van der Waals surface area contributed by atoms with Gasteiger partial charge < -0.3 is 19.9 Å². The van der Waals surface area contributed by atoms with Gasteiger partial charge in [-0.15, -0.1) is 0 Å². The number of fused-ring (bicyclic) bond motifs is 1. The Labute approximate surface area is 220 Å². The van der Waals surface area contributed by atoms with Gasteiger partial charge in [0.2, 0.25) is 5.91 Å². The monoisotopic (exact) mass is 520 g/mol. The highest BCUT2D eigenvalue weighted by Crippen LogP contribution is 2.31. The molecule has 1 fully saturated rings. The minimum absolute atomic E-state index is 0.123. The number of amides is 1. The highest BCUT2D eigenvalue weighted by atomic mass is 19.1. The molecule has 4 heterocycles. The van der Waals surface area contributed by atoms with Crippen LogP contribution in [0.25, 0.3) is 22.2 Å². The lowest BCUT2D eigenvalue weighted by molar-refractivity contribution is -0.115. The zero-order valence-corrected chi connectivity index (χ0v) is 22.2. The van der Waals surface area contributed by atoms with E-state index in [1.165, 1.54) is 6.07 Å². The van der Waals surface area contributed by atoms with Crippen molar-refractivity contribution in [3.63, 3.8) is 0 Å². The summed E-state index contributed by atoms with van der Waals surface area (Å²) >= 11 is 0. The fraction of sp³-hybridized carbons (Fsp3) is 0.429. The fourth-order valence-corrected chi connectivity index (χ4v) is 4.57. The van der Waals surface area contributed by atoms with Gasteiger partial charge in [-0.2, -0.15) is 5.10 Å². The number of ether oxygens (including phenoxy) is 1. The molecule has 1 aliphatic heterocycles. The minimum Gasteiger partial charge on any atom is -0.359 e. The van der Waals surface area contributed by atoms with Gasteiger partial charge in [-0.1, -0.05) is 38.1 Å². The molecule has 4 aromatic rings. The van der Waals surface area contributed by atoms with Crippen LogP contribution in [0.1, 0.15) is 63.3 Å². The molecular formula is C28H33FN6O3. The van der Waals surface area contributed by atoms with Crippen LogP contribution in [0.4, 0.5) is 10.2 Å². The molecule has 38 heavy (non-hydrogen) atoms. The van der Waals surface area contributed by atoms with E-state index in [9.17, 15) is 4.79 Å². The maximum atomic E-state index is 15.1. The SMILES string of the molecule is CNCc1nn(C2CCCCO2)c2ncc(-c3ccc(CC(=O)Nc4cc(C(C)(C)C)on4)c(F)c3)cc12. The molecule has 3 aromatic heterocycles. The molecule has 2 N–H and O–H groups in total. The summed E-state index contributed by atoms with van der Waals surface area (Å²) in [5.74, 6) is 0.133. The van der Waals surface area contributed by atoms with E-state index >= 15 is 4.39 Å². The van der Waals surface area contributed by atoms with Crippen LogP contribution in [0.15, 0.2) is 41.1 Å². The number of nitrogens with zero attached hydrogens (tertiary/aromatic N) is 4. The number of hydrogen-bond donors (Lipinski definition) is 2. The van der Waals surface area contributed by atoms with Crippen molar-refractivity contribution in [3.8, 4) is 11.1 Å². The van der Waals surface area contributed by atoms with Gasteiger partial charge in [-0.25, -0.2) is 14.1 Å². The van der Waals surface area contributed by atoms with E-state index in [-0.39, 0.29) is 29.5 Å². The Bertz CT molecular complexity index is 1450. The predicted molar refractivity (Wildman–Crippen MR) is 142 cm³/mol. The lowest BCUT2D eigenvalue weighted by Crippen LogP contribution is -2.19. The second-order valence-corrected chi connectivity index (χ2v) is 10.7. The van der Waals surface area contributed by atoms with Crippen molar-refractivity contribution in [2.75, 3.05) is 19.0 Å². The number of pyridine rings is 1. The van der Waals surface area contributed by atoms with Crippen LogP contribution < -0.4 is 10.6 Å². The summed E-state index contributed by atoms with van der Waals surface area (Å²) in [4.78, 5) is 17.2. The molecule has 0 radical (unpaired) electrons. The summed E-state index contributed by atoms with van der Waals surface area (Å²) in [6.45, 7) is 7.25. The lowest BCUT2D eigenvalue weighted by Gasteiger charge is -2.23. The first-order valence-corrected chi connectivity index (χ1v) is 12.9. The van der Waals surface area contributed by atoms with Gasteiger partial charge in [0.1, 0.15) is 11.6 Å². The quantitative estimate of drug-likeness (QED) is 0.348. The molecule has 1 saturated heterocycles. The van der Waals surface area contributed by atoms with Gasteiger partial charge in [0.25, 0.3) is 0 Å². The highest BCUT2D eigenvalue weighted by molar-refractivity contribution is 5.91. The molecule has 0 saturated carbocycles. The fourth-order valence-electron chi connectivity index (χ4n) is 4.57. The molecule has 9 nitrogen and oxygen atoms in total. The van der Waals surface area contributed by atoms with Gasteiger partial charge in [-0.3, -0.25) is 4.79 Å². The normalized spacial score (nSPS) is 16.2. The zero-order chi connectivity index (χ0) is 26.9. The van der Waals surface area contributed by atoms with Crippen molar-refractivity contribution in [2.24, 2.45) is 0 Å². The van der Waals surface area contributed by atoms with Gasteiger partial charge in [-0.05, 0) is 49.6 Å². The van der Waals surface area contributed by atoms with Gasteiger partial charge >= 0.3 is 0 Å². The Kier molecular flexibility index (Phi) is 7.27. The molecular weight excluding hydrogens is 487 g/mol. The molecule has 1 unspecified atom stereocenters. The summed E-state index contributed by atoms with van der Waals surface area (Å²) in [5, 5.41) is 15.4.